The third kappa shape index (κ3) is 4.28. The Morgan fingerprint density at radius 2 is 1.85 bits per heavy atom. The zero-order chi connectivity index (χ0) is 24.0. The van der Waals surface area contributed by atoms with Gasteiger partial charge >= 0.3 is 0 Å². The van der Waals surface area contributed by atoms with Gasteiger partial charge < -0.3 is 11.1 Å². The lowest BCUT2D eigenvalue weighted by Gasteiger charge is -2.14. The summed E-state index contributed by atoms with van der Waals surface area (Å²) in [5, 5.41) is 3.50. The van der Waals surface area contributed by atoms with E-state index >= 15 is 0 Å². The van der Waals surface area contributed by atoms with Crippen LogP contribution in [0.5, 0.6) is 0 Å². The van der Waals surface area contributed by atoms with E-state index in [-0.39, 0.29) is 5.91 Å². The average Bonchev–Trinajstić information content (AvgIpc) is 3.55. The average molecular weight is 454 g/mol. The number of anilines is 1. The van der Waals surface area contributed by atoms with Crippen LogP contribution in [0.4, 0.5) is 5.82 Å². The molecule has 0 bridgehead atoms. The predicted molar refractivity (Wildman–Crippen MR) is 137 cm³/mol. The van der Waals surface area contributed by atoms with Gasteiger partial charge in [-0.2, -0.15) is 0 Å². The number of benzene rings is 2. The van der Waals surface area contributed by atoms with Crippen LogP contribution in [0.15, 0.2) is 48.8 Å². The topological polar surface area (TPSA) is 85.3 Å². The van der Waals surface area contributed by atoms with E-state index in [0.29, 0.717) is 17.4 Å². The number of hydrogen-bond donors (Lipinski definition) is 2. The monoisotopic (exact) mass is 453 g/mol. The lowest BCUT2D eigenvalue weighted by molar-refractivity contribution is 0.0999. The molecule has 4 aromatic rings. The van der Waals surface area contributed by atoms with Crippen molar-refractivity contribution in [1.82, 2.24) is 14.4 Å². The Balaban J connectivity index is 1.69. The Labute approximate surface area is 200 Å². The smallest absolute Gasteiger partial charge is 0.248 e. The molecule has 2 aromatic carbocycles. The molecule has 0 saturated heterocycles. The number of carbonyl (C=O) groups excluding carboxylic acids is 1. The highest BCUT2D eigenvalue weighted by Crippen LogP contribution is 2.43. The zero-order valence-electron chi connectivity index (χ0n) is 20.2. The van der Waals surface area contributed by atoms with E-state index in [0.717, 1.165) is 58.9 Å². The number of fused-ring (bicyclic) bond motifs is 1. The van der Waals surface area contributed by atoms with E-state index in [1.807, 2.05) is 18.3 Å². The number of nitrogens with one attached hydrogen (secondary N) is 1. The normalized spacial score (nSPS) is 13.6. The summed E-state index contributed by atoms with van der Waals surface area (Å²) in [7, 11) is 0. The van der Waals surface area contributed by atoms with E-state index in [1.54, 1.807) is 0 Å². The Morgan fingerprint density at radius 1 is 1.12 bits per heavy atom. The number of primary amides is 1. The van der Waals surface area contributed by atoms with Crippen LogP contribution in [0.3, 0.4) is 0 Å². The van der Waals surface area contributed by atoms with E-state index in [1.165, 1.54) is 11.1 Å². The summed E-state index contributed by atoms with van der Waals surface area (Å²) in [5.41, 5.74) is 14.5. The van der Waals surface area contributed by atoms with Gasteiger partial charge in [-0.15, -0.1) is 0 Å². The SMILES string of the molecule is Cc1cc(C)cc(-c2cn3c(-c4ccc(C(N)=O)c(C5CC5)c4)cnc3c(NCC(C)C)n2)c1. The van der Waals surface area contributed by atoms with E-state index in [9.17, 15) is 4.79 Å². The first-order valence-corrected chi connectivity index (χ1v) is 11.9. The van der Waals surface area contributed by atoms with Crippen LogP contribution in [0.1, 0.15) is 59.7 Å². The Hall–Kier alpha value is -3.67. The molecule has 1 saturated carbocycles. The summed E-state index contributed by atoms with van der Waals surface area (Å²) in [6.07, 6.45) is 6.14. The van der Waals surface area contributed by atoms with Gasteiger partial charge in [0, 0.05) is 29.4 Å². The van der Waals surface area contributed by atoms with Crippen LogP contribution >= 0.6 is 0 Å². The molecule has 0 spiro atoms. The molecule has 3 N–H and O–H groups in total. The number of aryl methyl sites for hydroxylation is 2. The highest BCUT2D eigenvalue weighted by atomic mass is 16.1. The number of aromatic nitrogens is 3. The van der Waals surface area contributed by atoms with Gasteiger partial charge in [0.2, 0.25) is 5.91 Å². The van der Waals surface area contributed by atoms with Gasteiger partial charge in [-0.3, -0.25) is 9.20 Å². The first-order chi connectivity index (χ1) is 16.3. The molecule has 34 heavy (non-hydrogen) atoms. The summed E-state index contributed by atoms with van der Waals surface area (Å²) in [6, 6.07) is 12.4. The molecule has 5 rings (SSSR count). The lowest BCUT2D eigenvalue weighted by atomic mass is 9.98. The van der Waals surface area contributed by atoms with E-state index in [2.05, 4.69) is 67.9 Å². The molecule has 0 unspecified atom stereocenters. The van der Waals surface area contributed by atoms with E-state index < -0.39 is 0 Å². The number of rotatable bonds is 7. The highest BCUT2D eigenvalue weighted by Gasteiger charge is 2.28. The van der Waals surface area contributed by atoms with Crippen molar-refractivity contribution in [3.05, 3.63) is 71.0 Å². The fourth-order valence-electron chi connectivity index (χ4n) is 4.56. The molecule has 2 aromatic heterocycles. The Bertz CT molecular complexity index is 1380. The van der Waals surface area contributed by atoms with Crippen molar-refractivity contribution in [3.63, 3.8) is 0 Å². The number of amides is 1. The lowest BCUT2D eigenvalue weighted by Crippen LogP contribution is -2.13. The Morgan fingerprint density at radius 3 is 2.50 bits per heavy atom. The fraction of sp³-hybridized carbons (Fsp3) is 0.321. The van der Waals surface area contributed by atoms with E-state index in [4.69, 9.17) is 15.7 Å². The number of carbonyl (C=O) groups is 1. The quantitative estimate of drug-likeness (QED) is 0.374. The number of imidazole rings is 1. The van der Waals surface area contributed by atoms with Crippen molar-refractivity contribution in [3.8, 4) is 22.5 Å². The van der Waals surface area contributed by atoms with Gasteiger partial charge in [-0.25, -0.2) is 9.97 Å². The maximum Gasteiger partial charge on any atom is 0.248 e. The van der Waals surface area contributed by atoms with Crippen molar-refractivity contribution in [2.75, 3.05) is 11.9 Å². The van der Waals surface area contributed by atoms with Crippen molar-refractivity contribution in [2.24, 2.45) is 11.7 Å². The molecule has 1 aliphatic rings. The number of hydrogen-bond acceptors (Lipinski definition) is 4. The Kier molecular flexibility index (Phi) is 5.60. The molecule has 1 fully saturated rings. The standard InChI is InChI=1S/C28H31N5O/c1-16(2)13-30-27-28-31-14-25(20-7-8-22(26(29)34)23(12-20)19-5-6-19)33(28)15-24(32-27)21-10-17(3)9-18(4)11-21/h7-12,14-16,19H,5-6,13H2,1-4H3,(H2,29,34)(H,30,32). The minimum atomic E-state index is -0.368. The molecule has 0 atom stereocenters. The van der Waals surface area contributed by atoms with Gasteiger partial charge in [0.25, 0.3) is 0 Å². The molecular weight excluding hydrogens is 422 g/mol. The second kappa shape index (κ2) is 8.60. The summed E-state index contributed by atoms with van der Waals surface area (Å²) in [5.74, 6) is 1.29. The van der Waals surface area contributed by atoms with Crippen molar-refractivity contribution in [2.45, 2.75) is 46.5 Å². The largest absolute Gasteiger partial charge is 0.367 e. The van der Waals surface area contributed by atoms with Gasteiger partial charge in [-0.1, -0.05) is 37.1 Å². The number of nitrogens with two attached hydrogens (primary N) is 1. The van der Waals surface area contributed by atoms with Gasteiger partial charge in [0.1, 0.15) is 0 Å². The van der Waals surface area contributed by atoms with Crippen molar-refractivity contribution >= 4 is 17.4 Å². The van der Waals surface area contributed by atoms with Crippen molar-refractivity contribution in [1.29, 1.82) is 0 Å². The summed E-state index contributed by atoms with van der Waals surface area (Å²) < 4.78 is 2.11. The third-order valence-electron chi connectivity index (χ3n) is 6.32. The maximum absolute atomic E-state index is 12.0. The third-order valence-corrected chi connectivity index (χ3v) is 6.32. The molecule has 6 nitrogen and oxygen atoms in total. The molecule has 174 valence electrons. The summed E-state index contributed by atoms with van der Waals surface area (Å²) >= 11 is 0. The minimum Gasteiger partial charge on any atom is -0.367 e. The molecule has 0 radical (unpaired) electrons. The van der Waals surface area contributed by atoms with Crippen LogP contribution in [0.25, 0.3) is 28.2 Å². The van der Waals surface area contributed by atoms with Crippen LogP contribution in [-0.4, -0.2) is 26.8 Å². The van der Waals surface area contributed by atoms with Gasteiger partial charge in [0.15, 0.2) is 11.5 Å². The van der Waals surface area contributed by atoms with Crippen LogP contribution in [-0.2, 0) is 0 Å². The summed E-state index contributed by atoms with van der Waals surface area (Å²) in [4.78, 5) is 21.7. The second-order valence-electron chi connectivity index (χ2n) is 9.90. The van der Waals surface area contributed by atoms with Gasteiger partial charge in [-0.05, 0) is 68.4 Å². The molecule has 0 aliphatic heterocycles. The molecule has 1 aliphatic carbocycles. The zero-order valence-corrected chi connectivity index (χ0v) is 20.2. The molecule has 6 heteroatoms. The van der Waals surface area contributed by atoms with Crippen LogP contribution < -0.4 is 11.1 Å². The fourth-order valence-corrected chi connectivity index (χ4v) is 4.56. The minimum absolute atomic E-state index is 0.368. The summed E-state index contributed by atoms with van der Waals surface area (Å²) in [6.45, 7) is 9.37. The van der Waals surface area contributed by atoms with Gasteiger partial charge in [0.05, 0.1) is 17.6 Å². The molecule has 2 heterocycles. The second-order valence-corrected chi connectivity index (χ2v) is 9.90. The highest BCUT2D eigenvalue weighted by molar-refractivity contribution is 5.95. The van der Waals surface area contributed by atoms with Crippen molar-refractivity contribution < 1.29 is 4.79 Å². The number of nitrogens with zero attached hydrogens (tertiary/aromatic N) is 3. The molecular formula is C28H31N5O. The predicted octanol–water partition coefficient (Wildman–Crippen LogP) is 5.72. The first kappa shape index (κ1) is 22.1. The van der Waals surface area contributed by atoms with Crippen LogP contribution in [0.2, 0.25) is 0 Å². The molecule has 1 amide bonds. The van der Waals surface area contributed by atoms with Crippen LogP contribution in [0, 0.1) is 19.8 Å². The first-order valence-electron chi connectivity index (χ1n) is 11.9. The maximum atomic E-state index is 12.0.